The molecule has 12 heteroatoms. The lowest BCUT2D eigenvalue weighted by molar-refractivity contribution is -0.114. The van der Waals surface area contributed by atoms with Crippen LogP contribution in [0.2, 0.25) is 0 Å². The minimum Gasteiger partial charge on any atom is -0.491 e. The molecule has 1 aliphatic rings. The van der Waals surface area contributed by atoms with Gasteiger partial charge in [0.05, 0.1) is 43.3 Å². The molecule has 0 aliphatic carbocycles. The number of amides is 3. The van der Waals surface area contributed by atoms with E-state index in [2.05, 4.69) is 15.1 Å². The van der Waals surface area contributed by atoms with Crippen LogP contribution in [0.4, 0.5) is 11.4 Å². The van der Waals surface area contributed by atoms with Crippen LogP contribution >= 0.6 is 0 Å². The first kappa shape index (κ1) is 24.7. The molecular weight excluding hydrogens is 464 g/mol. The molecule has 1 N–H and O–H groups in total. The summed E-state index contributed by atoms with van der Waals surface area (Å²) in [6, 6.07) is 4.17. The zero-order valence-electron chi connectivity index (χ0n) is 18.9. The number of rotatable bonds is 8. The van der Waals surface area contributed by atoms with Crippen LogP contribution in [0, 0.1) is 6.57 Å². The Hall–Kier alpha value is -3.98. The van der Waals surface area contributed by atoms with Crippen LogP contribution in [0.15, 0.2) is 24.3 Å². The molecule has 3 rings (SSSR count). The third-order valence-electron chi connectivity index (χ3n) is 4.91. The van der Waals surface area contributed by atoms with E-state index in [-0.39, 0.29) is 40.7 Å². The SMILES string of the molecule is [C-]#[N+]c1cc(NC(C)=O)c2c(c1)C(=O)N(C(CS(C)(=O)=O)c1ccc(OC)c(OCC)n1)C2=O. The largest absolute Gasteiger partial charge is 0.491 e. The molecule has 0 spiro atoms. The van der Waals surface area contributed by atoms with E-state index in [0.29, 0.717) is 5.75 Å². The summed E-state index contributed by atoms with van der Waals surface area (Å²) in [6.07, 6.45) is 0.977. The van der Waals surface area contributed by atoms with Crippen molar-refractivity contribution in [3.63, 3.8) is 0 Å². The van der Waals surface area contributed by atoms with Gasteiger partial charge in [-0.25, -0.2) is 18.2 Å². The Kier molecular flexibility index (Phi) is 6.88. The van der Waals surface area contributed by atoms with Gasteiger partial charge in [-0.3, -0.25) is 19.3 Å². The van der Waals surface area contributed by atoms with Crippen molar-refractivity contribution in [2.24, 2.45) is 0 Å². The molecule has 2 aromatic rings. The molecule has 178 valence electrons. The molecule has 11 nitrogen and oxygen atoms in total. The number of imide groups is 1. The molecule has 1 aliphatic heterocycles. The van der Waals surface area contributed by atoms with Crippen LogP contribution in [0.5, 0.6) is 11.6 Å². The molecule has 0 saturated heterocycles. The van der Waals surface area contributed by atoms with Gasteiger partial charge in [-0.15, -0.1) is 0 Å². The van der Waals surface area contributed by atoms with Gasteiger partial charge in [0.15, 0.2) is 11.4 Å². The second-order valence-electron chi connectivity index (χ2n) is 7.47. The third-order valence-corrected chi connectivity index (χ3v) is 5.83. The maximum absolute atomic E-state index is 13.4. The summed E-state index contributed by atoms with van der Waals surface area (Å²) >= 11 is 0. The number of hydrogen-bond acceptors (Lipinski definition) is 8. The number of carbonyl (C=O) groups is 3. The Morgan fingerprint density at radius 1 is 1.26 bits per heavy atom. The van der Waals surface area contributed by atoms with Crippen LogP contribution in [0.3, 0.4) is 0 Å². The van der Waals surface area contributed by atoms with Gasteiger partial charge >= 0.3 is 0 Å². The fraction of sp³-hybridized carbons (Fsp3) is 0.318. The first-order valence-electron chi connectivity index (χ1n) is 10.1. The van der Waals surface area contributed by atoms with E-state index in [1.165, 1.54) is 38.3 Å². The van der Waals surface area contributed by atoms with Crippen molar-refractivity contribution in [1.82, 2.24) is 9.88 Å². The van der Waals surface area contributed by atoms with E-state index in [1.807, 2.05) is 0 Å². The van der Waals surface area contributed by atoms with Crippen LogP contribution in [-0.4, -0.2) is 61.7 Å². The van der Waals surface area contributed by atoms with Crippen molar-refractivity contribution in [3.05, 3.63) is 52.5 Å². The minimum absolute atomic E-state index is 0.00680. The predicted molar refractivity (Wildman–Crippen MR) is 122 cm³/mol. The summed E-state index contributed by atoms with van der Waals surface area (Å²) in [7, 11) is -2.29. The number of nitrogens with one attached hydrogen (secondary N) is 1. The molecule has 34 heavy (non-hydrogen) atoms. The molecule has 1 aromatic heterocycles. The van der Waals surface area contributed by atoms with E-state index >= 15 is 0 Å². The van der Waals surface area contributed by atoms with E-state index in [9.17, 15) is 22.8 Å². The van der Waals surface area contributed by atoms with Gasteiger partial charge in [0, 0.05) is 24.4 Å². The second-order valence-corrected chi connectivity index (χ2v) is 9.66. The number of benzene rings is 1. The summed E-state index contributed by atoms with van der Waals surface area (Å²) in [4.78, 5) is 46.9. The molecule has 0 fully saturated rings. The van der Waals surface area contributed by atoms with Crippen molar-refractivity contribution in [2.45, 2.75) is 19.9 Å². The summed E-state index contributed by atoms with van der Waals surface area (Å²) in [5, 5.41) is 2.47. The monoisotopic (exact) mass is 486 g/mol. The highest BCUT2D eigenvalue weighted by molar-refractivity contribution is 7.90. The van der Waals surface area contributed by atoms with Gasteiger partial charge in [-0.05, 0) is 31.2 Å². The lowest BCUT2D eigenvalue weighted by atomic mass is 10.1. The highest BCUT2D eigenvalue weighted by atomic mass is 32.2. The number of nitrogens with zero attached hydrogens (tertiary/aromatic N) is 3. The number of anilines is 1. The van der Waals surface area contributed by atoms with Crippen LogP contribution < -0.4 is 14.8 Å². The van der Waals surface area contributed by atoms with Crippen molar-refractivity contribution in [3.8, 4) is 11.6 Å². The summed E-state index contributed by atoms with van der Waals surface area (Å²) in [6.45, 7) is 10.5. The molecule has 1 unspecified atom stereocenters. The normalized spacial score (nSPS) is 13.8. The van der Waals surface area contributed by atoms with Crippen LogP contribution in [0.1, 0.15) is 46.3 Å². The zero-order valence-corrected chi connectivity index (χ0v) is 19.7. The number of carbonyl (C=O) groups excluding carboxylic acids is 3. The van der Waals surface area contributed by atoms with Crippen molar-refractivity contribution < 1.29 is 32.3 Å². The Balaban J connectivity index is 2.19. The lowest BCUT2D eigenvalue weighted by Gasteiger charge is -2.26. The average Bonchev–Trinajstić information content (AvgIpc) is 3.01. The predicted octanol–water partition coefficient (Wildman–Crippen LogP) is 2.38. The van der Waals surface area contributed by atoms with Gasteiger partial charge in [0.25, 0.3) is 17.7 Å². The fourth-order valence-corrected chi connectivity index (χ4v) is 4.50. The molecular formula is C22H22N4O7S. The van der Waals surface area contributed by atoms with E-state index in [4.69, 9.17) is 16.0 Å². The van der Waals surface area contributed by atoms with Gasteiger partial charge in [-0.2, -0.15) is 0 Å². The van der Waals surface area contributed by atoms with Crippen molar-refractivity contribution >= 4 is 38.9 Å². The number of fused-ring (bicyclic) bond motifs is 1. The lowest BCUT2D eigenvalue weighted by Crippen LogP contribution is -2.38. The summed E-state index contributed by atoms with van der Waals surface area (Å²) in [5.41, 5.74) is -0.112. The Bertz CT molecular complexity index is 1330. The van der Waals surface area contributed by atoms with Gasteiger partial charge in [-0.1, -0.05) is 0 Å². The molecule has 0 radical (unpaired) electrons. The van der Waals surface area contributed by atoms with Crippen LogP contribution in [0.25, 0.3) is 4.85 Å². The molecule has 0 bridgehead atoms. The standard InChI is InChI=1S/C22H22N4O7S/c1-6-33-20-18(32-4)8-7-15(25-20)17(11-34(5,30)31)26-21(28)14-9-13(23-3)10-16(24-12(2)27)19(14)22(26)29/h7-10,17H,6,11H2,1-2,4-5H3,(H,24,27). The van der Waals surface area contributed by atoms with Crippen molar-refractivity contribution in [2.75, 3.05) is 31.0 Å². The van der Waals surface area contributed by atoms with E-state index in [0.717, 1.165) is 11.2 Å². The number of sulfone groups is 1. The Morgan fingerprint density at radius 2 is 1.97 bits per heavy atom. The summed E-state index contributed by atoms with van der Waals surface area (Å²) in [5.74, 6) is -2.36. The third kappa shape index (κ3) is 4.84. The molecule has 2 heterocycles. The fourth-order valence-electron chi connectivity index (χ4n) is 3.61. The van der Waals surface area contributed by atoms with Crippen molar-refractivity contribution in [1.29, 1.82) is 0 Å². The average molecular weight is 487 g/mol. The highest BCUT2D eigenvalue weighted by Crippen LogP contribution is 2.39. The second kappa shape index (κ2) is 9.48. The number of hydrogen-bond donors (Lipinski definition) is 1. The quantitative estimate of drug-likeness (QED) is 0.444. The van der Waals surface area contributed by atoms with Gasteiger partial charge in [0.1, 0.15) is 9.84 Å². The first-order chi connectivity index (χ1) is 16.0. The molecule has 1 aromatic carbocycles. The van der Waals surface area contributed by atoms with Gasteiger partial charge in [0.2, 0.25) is 5.91 Å². The Labute approximate surface area is 196 Å². The molecule has 3 amide bonds. The topological polar surface area (TPSA) is 136 Å². The molecule has 0 saturated carbocycles. The number of ether oxygens (including phenoxy) is 2. The number of aromatic nitrogens is 1. The van der Waals surface area contributed by atoms with Gasteiger partial charge < -0.3 is 14.8 Å². The number of pyridine rings is 1. The van der Waals surface area contributed by atoms with E-state index in [1.54, 1.807) is 6.92 Å². The van der Waals surface area contributed by atoms with Crippen LogP contribution in [-0.2, 0) is 14.6 Å². The zero-order chi connectivity index (χ0) is 25.2. The maximum atomic E-state index is 13.4. The Morgan fingerprint density at radius 3 is 2.53 bits per heavy atom. The molecule has 1 atom stereocenters. The maximum Gasteiger partial charge on any atom is 0.264 e. The smallest absolute Gasteiger partial charge is 0.264 e. The minimum atomic E-state index is -3.70. The highest BCUT2D eigenvalue weighted by Gasteiger charge is 2.44. The number of methoxy groups -OCH3 is 1. The first-order valence-corrected chi connectivity index (χ1v) is 12.1. The van der Waals surface area contributed by atoms with E-state index < -0.39 is 39.4 Å². The summed E-state index contributed by atoms with van der Waals surface area (Å²) < 4.78 is 35.2.